The van der Waals surface area contributed by atoms with Gasteiger partial charge in [-0.05, 0) is 25.1 Å². The van der Waals surface area contributed by atoms with Crippen molar-refractivity contribution in [3.63, 3.8) is 0 Å². The minimum Gasteiger partial charge on any atom is -0.478 e. The maximum Gasteiger partial charge on any atom is 0.501 e. The van der Waals surface area contributed by atoms with E-state index in [1.807, 2.05) is 0 Å². The van der Waals surface area contributed by atoms with Gasteiger partial charge in [0.25, 0.3) is 9.84 Å². The lowest BCUT2D eigenvalue weighted by atomic mass is 10.2. The summed E-state index contributed by atoms with van der Waals surface area (Å²) < 4.78 is 62.1. The Bertz CT molecular complexity index is 875. The van der Waals surface area contributed by atoms with Gasteiger partial charge < -0.3 is 10.4 Å². The number of carbonyl (C=O) groups is 1. The van der Waals surface area contributed by atoms with E-state index in [0.29, 0.717) is 24.5 Å². The lowest BCUT2D eigenvalue weighted by molar-refractivity contribution is -0.0436. The molecule has 1 aromatic heterocycles. The van der Waals surface area contributed by atoms with E-state index in [2.05, 4.69) is 10.4 Å². The molecule has 130 valence electrons. The fourth-order valence-corrected chi connectivity index (χ4v) is 2.73. The molecule has 0 amide bonds. The molecule has 2 aromatic rings. The Morgan fingerprint density at radius 3 is 2.54 bits per heavy atom. The van der Waals surface area contributed by atoms with E-state index >= 15 is 0 Å². The van der Waals surface area contributed by atoms with Crippen LogP contribution < -0.4 is 5.32 Å². The molecule has 24 heavy (non-hydrogen) atoms. The van der Waals surface area contributed by atoms with Crippen LogP contribution in [-0.2, 0) is 16.4 Å². The predicted molar refractivity (Wildman–Crippen MR) is 77.8 cm³/mol. The van der Waals surface area contributed by atoms with Crippen molar-refractivity contribution in [3.8, 4) is 0 Å². The van der Waals surface area contributed by atoms with Gasteiger partial charge in [-0.15, -0.1) is 0 Å². The van der Waals surface area contributed by atoms with Crippen LogP contribution in [0.4, 0.5) is 24.7 Å². The van der Waals surface area contributed by atoms with E-state index in [1.165, 1.54) is 16.9 Å². The minimum absolute atomic E-state index is 0.0566. The fourth-order valence-electron chi connectivity index (χ4n) is 1.94. The Hall–Kier alpha value is -2.56. The fraction of sp³-hybridized carbons (Fsp3) is 0.231. The van der Waals surface area contributed by atoms with Crippen LogP contribution in [0.3, 0.4) is 0 Å². The molecular weight excluding hydrogens is 351 g/mol. The van der Waals surface area contributed by atoms with Gasteiger partial charge in [-0.1, -0.05) is 0 Å². The van der Waals surface area contributed by atoms with Gasteiger partial charge >= 0.3 is 11.5 Å². The lowest BCUT2D eigenvalue weighted by Crippen LogP contribution is -2.23. The molecule has 0 saturated carbocycles. The van der Waals surface area contributed by atoms with Crippen molar-refractivity contribution < 1.29 is 31.5 Å². The number of aromatic carboxylic acids is 1. The van der Waals surface area contributed by atoms with Gasteiger partial charge in [-0.2, -0.15) is 18.3 Å². The molecule has 1 aromatic carbocycles. The van der Waals surface area contributed by atoms with Gasteiger partial charge in [0.1, 0.15) is 5.82 Å². The number of aromatic nitrogens is 2. The number of nitrogens with one attached hydrogen (secondary N) is 1. The summed E-state index contributed by atoms with van der Waals surface area (Å²) in [6.45, 7) is 2.26. The smallest absolute Gasteiger partial charge is 0.478 e. The molecular formula is C13H12F3N3O4S. The number of aryl methyl sites for hydroxylation is 1. The number of sulfone groups is 1. The molecule has 0 saturated heterocycles. The number of halogens is 3. The predicted octanol–water partition coefficient (Wildman–Crippen LogP) is 2.64. The topological polar surface area (TPSA) is 101 Å². The summed E-state index contributed by atoms with van der Waals surface area (Å²) in [5.74, 6) is -1.16. The zero-order chi connectivity index (χ0) is 18.1. The number of alkyl halides is 3. The molecule has 0 radical (unpaired) electrons. The zero-order valence-corrected chi connectivity index (χ0v) is 13.0. The van der Waals surface area contributed by atoms with E-state index in [-0.39, 0.29) is 5.69 Å². The van der Waals surface area contributed by atoms with Gasteiger partial charge in [0.2, 0.25) is 0 Å². The van der Waals surface area contributed by atoms with Crippen molar-refractivity contribution >= 4 is 27.3 Å². The van der Waals surface area contributed by atoms with Crippen LogP contribution in [0.25, 0.3) is 0 Å². The van der Waals surface area contributed by atoms with E-state index in [1.54, 1.807) is 6.92 Å². The second-order valence-corrected chi connectivity index (χ2v) is 6.56. The maximum absolute atomic E-state index is 12.6. The Morgan fingerprint density at radius 1 is 1.33 bits per heavy atom. The molecule has 0 spiro atoms. The van der Waals surface area contributed by atoms with Crippen molar-refractivity contribution in [2.45, 2.75) is 23.9 Å². The van der Waals surface area contributed by atoms with Crippen molar-refractivity contribution in [3.05, 3.63) is 36.0 Å². The second kappa shape index (κ2) is 6.15. The highest BCUT2D eigenvalue weighted by atomic mass is 32.2. The van der Waals surface area contributed by atoms with Crippen LogP contribution in [0.15, 0.2) is 35.4 Å². The highest BCUT2D eigenvalue weighted by molar-refractivity contribution is 7.92. The number of hydrogen-bond donors (Lipinski definition) is 2. The van der Waals surface area contributed by atoms with Crippen LogP contribution in [-0.4, -0.2) is 34.8 Å². The van der Waals surface area contributed by atoms with Crippen LogP contribution in [0.5, 0.6) is 0 Å². The first-order valence-electron chi connectivity index (χ1n) is 6.55. The highest BCUT2D eigenvalue weighted by Crippen LogP contribution is 2.32. The van der Waals surface area contributed by atoms with Crippen LogP contribution in [0.2, 0.25) is 0 Å². The first kappa shape index (κ1) is 17.8. The monoisotopic (exact) mass is 363 g/mol. The van der Waals surface area contributed by atoms with Gasteiger partial charge in [-0.3, -0.25) is 0 Å². The molecule has 1 heterocycles. The zero-order valence-electron chi connectivity index (χ0n) is 12.2. The van der Waals surface area contributed by atoms with Gasteiger partial charge in [-0.25, -0.2) is 17.9 Å². The number of benzene rings is 1. The lowest BCUT2D eigenvalue weighted by Gasteiger charge is -2.13. The molecule has 2 rings (SSSR count). The van der Waals surface area contributed by atoms with Gasteiger partial charge in [0.15, 0.2) is 0 Å². The number of rotatable bonds is 5. The number of carboxylic acid groups (broad SMARTS) is 1. The largest absolute Gasteiger partial charge is 0.501 e. The van der Waals surface area contributed by atoms with Gasteiger partial charge in [0.05, 0.1) is 22.3 Å². The third-order valence-corrected chi connectivity index (χ3v) is 4.60. The summed E-state index contributed by atoms with van der Waals surface area (Å²) in [6.07, 6.45) is 1.45. The van der Waals surface area contributed by atoms with Crippen molar-refractivity contribution in [1.82, 2.24) is 9.78 Å². The Kier molecular flexibility index (Phi) is 4.56. The standard InChI is InChI=1S/C13H12F3N3O4S/c1-2-19-11(5-6-17-19)18-10-4-3-8(7-9(10)12(20)21)24(22,23)13(14,15)16/h3-7,18H,2H2,1H3,(H,20,21). The summed E-state index contributed by atoms with van der Waals surface area (Å²) in [4.78, 5) is 10.2. The van der Waals surface area contributed by atoms with E-state index < -0.39 is 31.8 Å². The van der Waals surface area contributed by atoms with Crippen molar-refractivity contribution in [1.29, 1.82) is 0 Å². The quantitative estimate of drug-likeness (QED) is 0.847. The minimum atomic E-state index is -5.63. The average Bonchev–Trinajstić information content (AvgIpc) is 2.93. The van der Waals surface area contributed by atoms with E-state index in [9.17, 15) is 31.5 Å². The van der Waals surface area contributed by atoms with Gasteiger partial charge in [0, 0.05) is 12.6 Å². The van der Waals surface area contributed by atoms with Crippen LogP contribution in [0.1, 0.15) is 17.3 Å². The first-order chi connectivity index (χ1) is 11.1. The van der Waals surface area contributed by atoms with Crippen molar-refractivity contribution in [2.24, 2.45) is 0 Å². The summed E-state index contributed by atoms with van der Waals surface area (Å²) >= 11 is 0. The Balaban J connectivity index is 2.51. The molecule has 0 aliphatic rings. The highest BCUT2D eigenvalue weighted by Gasteiger charge is 2.47. The average molecular weight is 363 g/mol. The third-order valence-electron chi connectivity index (χ3n) is 3.12. The molecule has 0 unspecified atom stereocenters. The molecule has 0 fully saturated rings. The van der Waals surface area contributed by atoms with Crippen molar-refractivity contribution in [2.75, 3.05) is 5.32 Å². The number of anilines is 2. The molecule has 7 nitrogen and oxygen atoms in total. The van der Waals surface area contributed by atoms with E-state index in [0.717, 1.165) is 6.07 Å². The summed E-state index contributed by atoms with van der Waals surface area (Å²) in [7, 11) is -5.63. The number of nitrogens with zero attached hydrogens (tertiary/aromatic N) is 2. The normalized spacial score (nSPS) is 12.2. The molecule has 0 atom stereocenters. The van der Waals surface area contributed by atoms with Crippen LogP contribution in [0, 0.1) is 0 Å². The Morgan fingerprint density at radius 2 is 2.00 bits per heavy atom. The summed E-state index contributed by atoms with van der Waals surface area (Å²) in [6, 6.07) is 3.68. The third kappa shape index (κ3) is 3.20. The first-order valence-corrected chi connectivity index (χ1v) is 8.03. The Labute approximate surface area is 134 Å². The molecule has 0 aliphatic carbocycles. The second-order valence-electron chi connectivity index (χ2n) is 4.62. The number of carboxylic acids is 1. The number of hydrogen-bond acceptors (Lipinski definition) is 5. The molecule has 0 bridgehead atoms. The SMILES string of the molecule is CCn1nccc1Nc1ccc(S(=O)(=O)C(F)(F)F)cc1C(=O)O. The maximum atomic E-state index is 12.6. The van der Waals surface area contributed by atoms with Crippen LogP contribution >= 0.6 is 0 Å². The molecule has 2 N–H and O–H groups in total. The van der Waals surface area contributed by atoms with E-state index in [4.69, 9.17) is 0 Å². The molecule has 0 aliphatic heterocycles. The molecule has 11 heteroatoms. The summed E-state index contributed by atoms with van der Waals surface area (Å²) in [5, 5.41) is 15.8. The summed E-state index contributed by atoms with van der Waals surface area (Å²) in [5.41, 5.74) is -6.18.